The summed E-state index contributed by atoms with van der Waals surface area (Å²) in [6, 6.07) is 5.60. The van der Waals surface area contributed by atoms with Crippen LogP contribution in [0.5, 0.6) is 0 Å². The number of amides is 2. The van der Waals surface area contributed by atoms with Crippen molar-refractivity contribution < 1.29 is 26.4 Å². The summed E-state index contributed by atoms with van der Waals surface area (Å²) in [6.45, 7) is -0.104. The number of carbonyl (C=O) groups is 2. The minimum atomic E-state index is -3.71. The van der Waals surface area contributed by atoms with Crippen LogP contribution in [0.25, 0.3) is 0 Å². The molecule has 0 bridgehead atoms. The standard InChI is InChI=1S/C13H17N3O6S2/c1-14-23(19,20)8-6-15-13(18)10-3-2-4-11(9-10)16-12(17)5-7-24(16,21)22/h2-4,9,14H,5-8H2,1H3,(H,15,18). The van der Waals surface area contributed by atoms with Gasteiger partial charge in [0.25, 0.3) is 5.91 Å². The number of nitrogens with zero attached hydrogens (tertiary/aromatic N) is 1. The molecule has 1 saturated heterocycles. The van der Waals surface area contributed by atoms with E-state index in [9.17, 15) is 26.4 Å². The predicted molar refractivity (Wildman–Crippen MR) is 87.5 cm³/mol. The van der Waals surface area contributed by atoms with Crippen LogP contribution >= 0.6 is 0 Å². The molecule has 0 spiro atoms. The van der Waals surface area contributed by atoms with Gasteiger partial charge in [0.15, 0.2) is 0 Å². The Balaban J connectivity index is 2.13. The molecule has 0 aliphatic carbocycles. The average Bonchev–Trinajstić information content (AvgIpc) is 2.80. The first kappa shape index (κ1) is 18.4. The quantitative estimate of drug-likeness (QED) is 0.658. The number of nitrogens with one attached hydrogen (secondary N) is 2. The molecule has 132 valence electrons. The summed E-state index contributed by atoms with van der Waals surface area (Å²) in [7, 11) is -5.87. The molecular weight excluding hydrogens is 358 g/mol. The summed E-state index contributed by atoms with van der Waals surface area (Å²) in [4.78, 5) is 23.8. The van der Waals surface area contributed by atoms with Crippen molar-refractivity contribution in [2.75, 3.05) is 29.4 Å². The third kappa shape index (κ3) is 4.10. The first-order valence-electron chi connectivity index (χ1n) is 7.01. The summed E-state index contributed by atoms with van der Waals surface area (Å²) < 4.78 is 49.2. The van der Waals surface area contributed by atoms with Crippen LogP contribution in [-0.2, 0) is 24.8 Å². The molecule has 1 aromatic rings. The third-order valence-electron chi connectivity index (χ3n) is 3.39. The van der Waals surface area contributed by atoms with E-state index in [0.29, 0.717) is 4.31 Å². The van der Waals surface area contributed by atoms with Crippen molar-refractivity contribution in [2.24, 2.45) is 0 Å². The van der Waals surface area contributed by atoms with E-state index in [4.69, 9.17) is 0 Å². The molecule has 2 N–H and O–H groups in total. The topological polar surface area (TPSA) is 130 Å². The zero-order valence-corrected chi connectivity index (χ0v) is 14.5. The van der Waals surface area contributed by atoms with Gasteiger partial charge in [0.05, 0.1) is 17.2 Å². The molecule has 0 unspecified atom stereocenters. The van der Waals surface area contributed by atoms with Gasteiger partial charge in [0, 0.05) is 18.5 Å². The highest BCUT2D eigenvalue weighted by atomic mass is 32.2. The zero-order valence-electron chi connectivity index (χ0n) is 12.9. The maximum Gasteiger partial charge on any atom is 0.251 e. The van der Waals surface area contributed by atoms with Gasteiger partial charge < -0.3 is 5.32 Å². The van der Waals surface area contributed by atoms with Gasteiger partial charge in [-0.05, 0) is 25.2 Å². The Morgan fingerprint density at radius 2 is 2.04 bits per heavy atom. The third-order valence-corrected chi connectivity index (χ3v) is 6.44. The smallest absolute Gasteiger partial charge is 0.251 e. The lowest BCUT2D eigenvalue weighted by Gasteiger charge is -2.15. The van der Waals surface area contributed by atoms with Crippen molar-refractivity contribution >= 4 is 37.5 Å². The summed E-state index contributed by atoms with van der Waals surface area (Å²) in [5.74, 6) is -1.65. The highest BCUT2D eigenvalue weighted by Gasteiger charge is 2.36. The molecule has 9 nitrogen and oxygen atoms in total. The average molecular weight is 375 g/mol. The Hall–Kier alpha value is -1.98. The van der Waals surface area contributed by atoms with E-state index in [1.54, 1.807) is 0 Å². The lowest BCUT2D eigenvalue weighted by atomic mass is 10.2. The van der Waals surface area contributed by atoms with Gasteiger partial charge in [-0.3, -0.25) is 9.59 Å². The summed E-state index contributed by atoms with van der Waals surface area (Å²) in [6.07, 6.45) is -0.0966. The van der Waals surface area contributed by atoms with E-state index >= 15 is 0 Å². The van der Waals surface area contributed by atoms with Crippen LogP contribution in [0.4, 0.5) is 5.69 Å². The van der Waals surface area contributed by atoms with Crippen LogP contribution in [0, 0.1) is 0 Å². The molecule has 0 radical (unpaired) electrons. The molecule has 2 rings (SSSR count). The highest BCUT2D eigenvalue weighted by molar-refractivity contribution is 7.94. The minimum Gasteiger partial charge on any atom is -0.351 e. The van der Waals surface area contributed by atoms with Crippen molar-refractivity contribution in [3.8, 4) is 0 Å². The van der Waals surface area contributed by atoms with Gasteiger partial charge in [-0.2, -0.15) is 0 Å². The van der Waals surface area contributed by atoms with Gasteiger partial charge in [0.1, 0.15) is 0 Å². The molecule has 11 heteroatoms. The van der Waals surface area contributed by atoms with Crippen molar-refractivity contribution in [1.82, 2.24) is 10.0 Å². The molecule has 0 saturated carbocycles. The number of sulfonamides is 2. The molecule has 1 aromatic carbocycles. The number of carbonyl (C=O) groups excluding carboxylic acids is 2. The Labute approximate surface area is 140 Å². The number of benzene rings is 1. The van der Waals surface area contributed by atoms with Crippen LogP contribution in [0.15, 0.2) is 24.3 Å². The van der Waals surface area contributed by atoms with Crippen molar-refractivity contribution in [3.05, 3.63) is 29.8 Å². The van der Waals surface area contributed by atoms with E-state index in [1.165, 1.54) is 31.3 Å². The van der Waals surface area contributed by atoms with Crippen LogP contribution in [0.3, 0.4) is 0 Å². The fourth-order valence-corrected chi connectivity index (χ4v) is 4.17. The molecule has 24 heavy (non-hydrogen) atoms. The Kier molecular flexibility index (Phi) is 5.26. The Morgan fingerprint density at radius 3 is 2.62 bits per heavy atom. The van der Waals surface area contributed by atoms with Crippen molar-refractivity contribution in [1.29, 1.82) is 0 Å². The fraction of sp³-hybridized carbons (Fsp3) is 0.385. The monoisotopic (exact) mass is 375 g/mol. The van der Waals surface area contributed by atoms with E-state index in [2.05, 4.69) is 10.0 Å². The van der Waals surface area contributed by atoms with Gasteiger partial charge in [-0.1, -0.05) is 6.07 Å². The first-order chi connectivity index (χ1) is 11.2. The lowest BCUT2D eigenvalue weighted by Crippen LogP contribution is -2.33. The van der Waals surface area contributed by atoms with Crippen molar-refractivity contribution in [3.63, 3.8) is 0 Å². The molecule has 0 aromatic heterocycles. The summed E-state index contributed by atoms with van der Waals surface area (Å²) in [5.41, 5.74) is 0.220. The largest absolute Gasteiger partial charge is 0.351 e. The predicted octanol–water partition coefficient (Wildman–Crippen LogP) is -0.968. The van der Waals surface area contributed by atoms with E-state index in [1.807, 2.05) is 0 Å². The number of anilines is 1. The molecule has 0 atom stereocenters. The van der Waals surface area contributed by atoms with Crippen molar-refractivity contribution in [2.45, 2.75) is 6.42 Å². The Bertz CT molecular complexity index is 863. The molecular formula is C13H17N3O6S2. The zero-order chi connectivity index (χ0) is 18.0. The second-order valence-corrected chi connectivity index (χ2v) is 9.04. The fourth-order valence-electron chi connectivity index (χ4n) is 2.15. The molecule has 1 fully saturated rings. The SMILES string of the molecule is CNS(=O)(=O)CCNC(=O)c1cccc(N2C(=O)CCS2(=O)=O)c1. The maximum atomic E-state index is 12.0. The van der Waals surface area contributed by atoms with Gasteiger partial charge >= 0.3 is 0 Å². The second kappa shape index (κ2) is 6.87. The summed E-state index contributed by atoms with van der Waals surface area (Å²) >= 11 is 0. The molecule has 2 amide bonds. The normalized spacial score (nSPS) is 17.0. The highest BCUT2D eigenvalue weighted by Crippen LogP contribution is 2.25. The number of rotatable bonds is 6. The molecule has 1 heterocycles. The lowest BCUT2D eigenvalue weighted by molar-refractivity contribution is -0.116. The van der Waals surface area contributed by atoms with Crippen LogP contribution in [0.1, 0.15) is 16.8 Å². The molecule has 1 aliphatic heterocycles. The van der Waals surface area contributed by atoms with Crippen LogP contribution in [0.2, 0.25) is 0 Å². The van der Waals surface area contributed by atoms with Gasteiger partial charge in [-0.25, -0.2) is 25.9 Å². The first-order valence-corrected chi connectivity index (χ1v) is 10.3. The van der Waals surface area contributed by atoms with E-state index in [-0.39, 0.29) is 35.7 Å². The minimum absolute atomic E-state index is 0.0907. The van der Waals surface area contributed by atoms with Crippen LogP contribution in [-0.4, -0.2) is 53.7 Å². The number of hydrogen-bond donors (Lipinski definition) is 2. The Morgan fingerprint density at radius 1 is 1.33 bits per heavy atom. The van der Waals surface area contributed by atoms with Crippen LogP contribution < -0.4 is 14.3 Å². The van der Waals surface area contributed by atoms with E-state index < -0.39 is 31.9 Å². The maximum absolute atomic E-state index is 12.0. The van der Waals surface area contributed by atoms with E-state index in [0.717, 1.165) is 0 Å². The van der Waals surface area contributed by atoms with Gasteiger partial charge in [-0.15, -0.1) is 0 Å². The molecule has 1 aliphatic rings. The second-order valence-electron chi connectivity index (χ2n) is 5.05. The van der Waals surface area contributed by atoms with Gasteiger partial charge in [0.2, 0.25) is 26.0 Å². The summed E-state index contributed by atoms with van der Waals surface area (Å²) in [5, 5.41) is 2.43. The number of hydrogen-bond acceptors (Lipinski definition) is 6.